The van der Waals surface area contributed by atoms with Crippen molar-refractivity contribution in [2.45, 2.75) is 12.8 Å². The molecule has 0 bridgehead atoms. The second-order valence-electron chi connectivity index (χ2n) is 2.95. The van der Waals surface area contributed by atoms with Gasteiger partial charge in [-0.05, 0) is 18.6 Å². The fourth-order valence-electron chi connectivity index (χ4n) is 1.25. The van der Waals surface area contributed by atoms with Gasteiger partial charge in [-0.1, -0.05) is 12.1 Å². The van der Waals surface area contributed by atoms with Gasteiger partial charge in [-0.3, -0.25) is 4.79 Å². The molecule has 3 heteroatoms. The third kappa shape index (κ3) is 2.57. The third-order valence-electron chi connectivity index (χ3n) is 1.97. The number of carbonyl (C=O) groups excluding carboxylic acids is 1. The Labute approximate surface area is 83.3 Å². The molecule has 0 amide bonds. The SMILES string of the molecule is COc1ccccc1C(=O)CCCO. The number of methoxy groups -OCH3 is 1. The summed E-state index contributed by atoms with van der Waals surface area (Å²) < 4.78 is 5.06. The molecule has 0 aliphatic rings. The average Bonchev–Trinajstić information content (AvgIpc) is 2.25. The van der Waals surface area contributed by atoms with E-state index in [0.717, 1.165) is 0 Å². The van der Waals surface area contributed by atoms with Gasteiger partial charge < -0.3 is 9.84 Å². The number of ether oxygens (including phenoxy) is 1. The molecule has 0 saturated heterocycles. The van der Waals surface area contributed by atoms with Gasteiger partial charge in [0.2, 0.25) is 0 Å². The summed E-state index contributed by atoms with van der Waals surface area (Å²) in [5.74, 6) is 0.604. The van der Waals surface area contributed by atoms with Gasteiger partial charge in [0.05, 0.1) is 12.7 Å². The molecule has 0 heterocycles. The Kier molecular flexibility index (Phi) is 4.13. The van der Waals surface area contributed by atoms with E-state index < -0.39 is 0 Å². The Bertz CT molecular complexity index is 307. The highest BCUT2D eigenvalue weighted by Gasteiger charge is 2.10. The topological polar surface area (TPSA) is 46.5 Å². The number of hydrogen-bond donors (Lipinski definition) is 1. The number of aliphatic hydroxyl groups is 1. The van der Waals surface area contributed by atoms with Crippen LogP contribution in [-0.4, -0.2) is 24.6 Å². The van der Waals surface area contributed by atoms with Gasteiger partial charge in [0.25, 0.3) is 0 Å². The second-order valence-corrected chi connectivity index (χ2v) is 2.95. The van der Waals surface area contributed by atoms with Crippen LogP contribution in [0, 0.1) is 0 Å². The molecule has 0 spiro atoms. The van der Waals surface area contributed by atoms with Gasteiger partial charge >= 0.3 is 0 Å². The predicted molar refractivity (Wildman–Crippen MR) is 53.6 cm³/mol. The Balaban J connectivity index is 2.78. The fraction of sp³-hybridized carbons (Fsp3) is 0.364. The van der Waals surface area contributed by atoms with E-state index in [1.54, 1.807) is 18.2 Å². The number of para-hydroxylation sites is 1. The van der Waals surface area contributed by atoms with Crippen LogP contribution in [0.4, 0.5) is 0 Å². The van der Waals surface area contributed by atoms with Crippen LogP contribution < -0.4 is 4.74 Å². The van der Waals surface area contributed by atoms with Crippen molar-refractivity contribution in [2.75, 3.05) is 13.7 Å². The van der Waals surface area contributed by atoms with Crippen molar-refractivity contribution in [3.63, 3.8) is 0 Å². The lowest BCUT2D eigenvalue weighted by Gasteiger charge is -2.06. The fourth-order valence-corrected chi connectivity index (χ4v) is 1.25. The molecule has 0 aromatic heterocycles. The predicted octanol–water partition coefficient (Wildman–Crippen LogP) is 1.65. The van der Waals surface area contributed by atoms with E-state index in [1.165, 1.54) is 7.11 Å². The smallest absolute Gasteiger partial charge is 0.166 e. The normalized spacial score (nSPS) is 9.86. The molecule has 1 rings (SSSR count). The van der Waals surface area contributed by atoms with Crippen molar-refractivity contribution in [1.82, 2.24) is 0 Å². The van der Waals surface area contributed by atoms with E-state index in [-0.39, 0.29) is 12.4 Å². The van der Waals surface area contributed by atoms with Crippen molar-refractivity contribution in [1.29, 1.82) is 0 Å². The number of aliphatic hydroxyl groups excluding tert-OH is 1. The summed E-state index contributed by atoms with van der Waals surface area (Å²) >= 11 is 0. The van der Waals surface area contributed by atoms with E-state index in [4.69, 9.17) is 9.84 Å². The highest BCUT2D eigenvalue weighted by molar-refractivity contribution is 5.98. The van der Waals surface area contributed by atoms with Crippen LogP contribution in [0.1, 0.15) is 23.2 Å². The number of carbonyl (C=O) groups is 1. The van der Waals surface area contributed by atoms with Crippen molar-refractivity contribution in [2.24, 2.45) is 0 Å². The van der Waals surface area contributed by atoms with Crippen molar-refractivity contribution < 1.29 is 14.6 Å². The minimum absolute atomic E-state index is 0.0106. The number of rotatable bonds is 5. The molecule has 0 saturated carbocycles. The molecule has 76 valence electrons. The van der Waals surface area contributed by atoms with Crippen LogP contribution in [0.5, 0.6) is 5.75 Å². The largest absolute Gasteiger partial charge is 0.496 e. The zero-order chi connectivity index (χ0) is 10.4. The van der Waals surface area contributed by atoms with Gasteiger partial charge in [-0.25, -0.2) is 0 Å². The first-order valence-corrected chi connectivity index (χ1v) is 4.56. The molecule has 1 aromatic carbocycles. The maximum atomic E-state index is 11.6. The molecular formula is C11H14O3. The average molecular weight is 194 g/mol. The van der Waals surface area contributed by atoms with E-state index in [2.05, 4.69) is 0 Å². The van der Waals surface area contributed by atoms with Crippen molar-refractivity contribution in [3.05, 3.63) is 29.8 Å². The quantitative estimate of drug-likeness (QED) is 0.725. The van der Waals surface area contributed by atoms with Crippen LogP contribution in [-0.2, 0) is 0 Å². The summed E-state index contributed by atoms with van der Waals surface area (Å²) in [6.45, 7) is 0.0425. The molecule has 1 aromatic rings. The summed E-state index contributed by atoms with van der Waals surface area (Å²) in [6.07, 6.45) is 0.855. The number of ketones is 1. The maximum absolute atomic E-state index is 11.6. The molecule has 0 fully saturated rings. The van der Waals surface area contributed by atoms with Gasteiger partial charge in [-0.15, -0.1) is 0 Å². The lowest BCUT2D eigenvalue weighted by molar-refractivity contribution is 0.0968. The minimum atomic E-state index is 0.0106. The minimum Gasteiger partial charge on any atom is -0.496 e. The van der Waals surface area contributed by atoms with Gasteiger partial charge in [0, 0.05) is 13.0 Å². The van der Waals surface area contributed by atoms with Crippen LogP contribution in [0.3, 0.4) is 0 Å². The summed E-state index contributed by atoms with van der Waals surface area (Å²) in [6, 6.07) is 7.11. The molecule has 0 radical (unpaired) electrons. The third-order valence-corrected chi connectivity index (χ3v) is 1.97. The van der Waals surface area contributed by atoms with Crippen molar-refractivity contribution in [3.8, 4) is 5.75 Å². The van der Waals surface area contributed by atoms with Crippen LogP contribution in [0.2, 0.25) is 0 Å². The second kappa shape index (κ2) is 5.40. The molecular weight excluding hydrogens is 180 g/mol. The van der Waals surface area contributed by atoms with E-state index >= 15 is 0 Å². The highest BCUT2D eigenvalue weighted by Crippen LogP contribution is 2.19. The maximum Gasteiger partial charge on any atom is 0.166 e. The van der Waals surface area contributed by atoms with Crippen LogP contribution in [0.15, 0.2) is 24.3 Å². The summed E-state index contributed by atoms with van der Waals surface area (Å²) in [4.78, 5) is 11.6. The van der Waals surface area contributed by atoms with Crippen LogP contribution in [0.25, 0.3) is 0 Å². The molecule has 0 aliphatic carbocycles. The summed E-state index contributed by atoms with van der Waals surface area (Å²) in [5.41, 5.74) is 0.587. The first kappa shape index (κ1) is 10.7. The number of Topliss-reactive ketones (excluding diaryl/α,β-unsaturated/α-hetero) is 1. The van der Waals surface area contributed by atoms with Crippen molar-refractivity contribution >= 4 is 5.78 Å². The number of hydrogen-bond acceptors (Lipinski definition) is 3. The van der Waals surface area contributed by atoms with Gasteiger partial charge in [0.15, 0.2) is 5.78 Å². The Morgan fingerprint density at radius 1 is 1.43 bits per heavy atom. The highest BCUT2D eigenvalue weighted by atomic mass is 16.5. The zero-order valence-electron chi connectivity index (χ0n) is 8.19. The molecule has 3 nitrogen and oxygen atoms in total. The monoisotopic (exact) mass is 194 g/mol. The molecule has 0 unspecified atom stereocenters. The standard InChI is InChI=1S/C11H14O3/c1-14-11-7-3-2-5-9(11)10(13)6-4-8-12/h2-3,5,7,12H,4,6,8H2,1H3. The van der Waals surface area contributed by atoms with Gasteiger partial charge in [0.1, 0.15) is 5.75 Å². The summed E-state index contributed by atoms with van der Waals surface area (Å²) in [5, 5.41) is 8.61. The lowest BCUT2D eigenvalue weighted by Crippen LogP contribution is -2.02. The first-order chi connectivity index (χ1) is 6.79. The van der Waals surface area contributed by atoms with E-state index in [1.807, 2.05) is 6.07 Å². The molecule has 1 N–H and O–H groups in total. The Morgan fingerprint density at radius 3 is 2.79 bits per heavy atom. The molecule has 0 atom stereocenters. The molecule has 14 heavy (non-hydrogen) atoms. The number of benzene rings is 1. The first-order valence-electron chi connectivity index (χ1n) is 4.56. The van der Waals surface area contributed by atoms with Gasteiger partial charge in [-0.2, -0.15) is 0 Å². The molecule has 0 aliphatic heterocycles. The Hall–Kier alpha value is -1.35. The Morgan fingerprint density at radius 2 is 2.14 bits per heavy atom. The van der Waals surface area contributed by atoms with E-state index in [0.29, 0.717) is 24.2 Å². The lowest BCUT2D eigenvalue weighted by atomic mass is 10.1. The van der Waals surface area contributed by atoms with Crippen LogP contribution >= 0.6 is 0 Å². The van der Waals surface area contributed by atoms with E-state index in [9.17, 15) is 4.79 Å². The summed E-state index contributed by atoms with van der Waals surface area (Å²) in [7, 11) is 1.54. The zero-order valence-corrected chi connectivity index (χ0v) is 8.19.